The van der Waals surface area contributed by atoms with Crippen molar-refractivity contribution in [2.45, 2.75) is 44.3 Å². The van der Waals surface area contributed by atoms with Crippen LogP contribution in [0.1, 0.15) is 44.3 Å². The van der Waals surface area contributed by atoms with Crippen LogP contribution >= 0.6 is 23.2 Å². The molecule has 2 nitrogen and oxygen atoms in total. The lowest BCUT2D eigenvalue weighted by Gasteiger charge is -2.34. The molecule has 0 spiro atoms. The minimum absolute atomic E-state index is 0.428. The van der Waals surface area contributed by atoms with E-state index in [1.54, 1.807) is 12.1 Å². The molecule has 1 N–H and O–H groups in total. The summed E-state index contributed by atoms with van der Waals surface area (Å²) in [4.78, 5) is 0. The number of ether oxygens (including phenoxy) is 1. The Hall–Kier alpha value is -0.280. The summed E-state index contributed by atoms with van der Waals surface area (Å²) in [6, 6.07) is 5.35. The molecular weight excluding hydrogens is 271 g/mol. The summed E-state index contributed by atoms with van der Waals surface area (Å²) < 4.78 is 5.85. The molecule has 1 aliphatic carbocycles. The summed E-state index contributed by atoms with van der Waals surface area (Å²) in [5.41, 5.74) is 0.169. The van der Waals surface area contributed by atoms with Crippen LogP contribution in [-0.2, 0) is 4.74 Å². The van der Waals surface area contributed by atoms with Crippen molar-refractivity contribution < 1.29 is 9.84 Å². The van der Waals surface area contributed by atoms with Crippen molar-refractivity contribution in [1.29, 1.82) is 0 Å². The number of aliphatic hydroxyl groups is 1. The minimum atomic E-state index is -0.717. The summed E-state index contributed by atoms with van der Waals surface area (Å²) >= 11 is 12.2. The second-order valence-corrected chi connectivity index (χ2v) is 5.54. The number of benzene rings is 1. The van der Waals surface area contributed by atoms with Crippen molar-refractivity contribution in [3.05, 3.63) is 33.8 Å². The second-order valence-electron chi connectivity index (χ2n) is 4.75. The maximum atomic E-state index is 10.6. The first-order valence-electron chi connectivity index (χ1n) is 6.36. The van der Waals surface area contributed by atoms with E-state index in [0.29, 0.717) is 22.2 Å². The predicted octanol–water partition coefficient (Wildman–Crippen LogP) is 4.38. The Bertz CT molecular complexity index is 414. The quantitative estimate of drug-likeness (QED) is 0.891. The maximum absolute atomic E-state index is 10.6. The van der Waals surface area contributed by atoms with Crippen molar-refractivity contribution >= 4 is 23.2 Å². The molecule has 2 rings (SSSR count). The van der Waals surface area contributed by atoms with Gasteiger partial charge in [0, 0.05) is 12.2 Å². The topological polar surface area (TPSA) is 29.5 Å². The third-order valence-corrected chi connectivity index (χ3v) is 4.49. The van der Waals surface area contributed by atoms with Gasteiger partial charge in [0.25, 0.3) is 0 Å². The highest BCUT2D eigenvalue weighted by Gasteiger charge is 2.43. The molecule has 0 bridgehead atoms. The van der Waals surface area contributed by atoms with E-state index in [1.807, 2.05) is 13.0 Å². The summed E-state index contributed by atoms with van der Waals surface area (Å²) in [7, 11) is 0. The van der Waals surface area contributed by atoms with Gasteiger partial charge in [-0.05, 0) is 25.8 Å². The number of aliphatic hydroxyl groups excluding tert-OH is 1. The molecule has 0 radical (unpaired) electrons. The molecule has 0 saturated heterocycles. The van der Waals surface area contributed by atoms with Crippen LogP contribution in [0.15, 0.2) is 18.2 Å². The molecule has 18 heavy (non-hydrogen) atoms. The molecule has 1 aromatic carbocycles. The molecule has 0 aromatic heterocycles. The van der Waals surface area contributed by atoms with Crippen molar-refractivity contribution in [1.82, 2.24) is 0 Å². The Morgan fingerprint density at radius 3 is 2.61 bits per heavy atom. The van der Waals surface area contributed by atoms with Crippen LogP contribution in [0.4, 0.5) is 0 Å². The van der Waals surface area contributed by atoms with Gasteiger partial charge in [-0.25, -0.2) is 0 Å². The van der Waals surface area contributed by atoms with Gasteiger partial charge in [0.15, 0.2) is 0 Å². The zero-order chi connectivity index (χ0) is 13.2. The average Bonchev–Trinajstić information content (AvgIpc) is 2.82. The monoisotopic (exact) mass is 288 g/mol. The van der Waals surface area contributed by atoms with Gasteiger partial charge < -0.3 is 9.84 Å². The highest BCUT2D eigenvalue weighted by atomic mass is 35.5. The third-order valence-electron chi connectivity index (χ3n) is 3.66. The standard InChI is InChI=1S/C14H18Cl2O2/c1-2-18-14(8-3-4-9-14)13(17)10-6-5-7-11(15)12(10)16/h5-7,13,17H,2-4,8-9H2,1H3. The Morgan fingerprint density at radius 2 is 2.00 bits per heavy atom. The van der Waals surface area contributed by atoms with Gasteiger partial charge in [-0.2, -0.15) is 0 Å². The molecule has 100 valence electrons. The van der Waals surface area contributed by atoms with Crippen LogP contribution in [-0.4, -0.2) is 17.3 Å². The molecule has 1 fully saturated rings. The van der Waals surface area contributed by atoms with Crippen LogP contribution < -0.4 is 0 Å². The number of rotatable bonds is 4. The van der Waals surface area contributed by atoms with Crippen LogP contribution in [0.2, 0.25) is 10.0 Å². The van der Waals surface area contributed by atoms with Crippen molar-refractivity contribution in [3.8, 4) is 0 Å². The molecule has 0 amide bonds. The van der Waals surface area contributed by atoms with E-state index < -0.39 is 11.7 Å². The zero-order valence-corrected chi connectivity index (χ0v) is 12.0. The van der Waals surface area contributed by atoms with E-state index in [9.17, 15) is 5.11 Å². The fourth-order valence-corrected chi connectivity index (χ4v) is 3.18. The Labute approximate surface area is 118 Å². The highest BCUT2D eigenvalue weighted by Crippen LogP contribution is 2.45. The Balaban J connectivity index is 2.33. The summed E-state index contributed by atoms with van der Waals surface area (Å²) in [5, 5.41) is 11.5. The van der Waals surface area contributed by atoms with Crippen molar-refractivity contribution in [2.75, 3.05) is 6.61 Å². The molecule has 1 atom stereocenters. The van der Waals surface area contributed by atoms with E-state index in [0.717, 1.165) is 25.7 Å². The Morgan fingerprint density at radius 1 is 1.33 bits per heavy atom. The number of halogens is 2. The summed E-state index contributed by atoms with van der Waals surface area (Å²) in [6.45, 7) is 2.54. The highest BCUT2D eigenvalue weighted by molar-refractivity contribution is 6.42. The van der Waals surface area contributed by atoms with E-state index in [1.165, 1.54) is 0 Å². The van der Waals surface area contributed by atoms with Crippen molar-refractivity contribution in [2.24, 2.45) is 0 Å². The molecule has 1 unspecified atom stereocenters. The fraction of sp³-hybridized carbons (Fsp3) is 0.571. The third kappa shape index (κ3) is 2.53. The van der Waals surface area contributed by atoms with Crippen LogP contribution in [0.25, 0.3) is 0 Å². The van der Waals surface area contributed by atoms with Gasteiger partial charge >= 0.3 is 0 Å². The first kappa shape index (κ1) is 14.1. The van der Waals surface area contributed by atoms with Crippen LogP contribution in [0.3, 0.4) is 0 Å². The lowest BCUT2D eigenvalue weighted by Crippen LogP contribution is -2.36. The van der Waals surface area contributed by atoms with E-state index in [4.69, 9.17) is 27.9 Å². The lowest BCUT2D eigenvalue weighted by atomic mass is 9.89. The Kier molecular flexibility index (Phi) is 4.54. The van der Waals surface area contributed by atoms with Crippen LogP contribution in [0, 0.1) is 0 Å². The number of hydrogen-bond donors (Lipinski definition) is 1. The first-order chi connectivity index (χ1) is 8.60. The second kappa shape index (κ2) is 5.79. The first-order valence-corrected chi connectivity index (χ1v) is 7.12. The summed E-state index contributed by atoms with van der Waals surface area (Å²) in [5.74, 6) is 0. The van der Waals surface area contributed by atoms with E-state index in [2.05, 4.69) is 0 Å². The zero-order valence-electron chi connectivity index (χ0n) is 10.5. The normalized spacial score (nSPS) is 20.0. The van der Waals surface area contributed by atoms with E-state index in [-0.39, 0.29) is 0 Å². The van der Waals surface area contributed by atoms with Crippen LogP contribution in [0.5, 0.6) is 0 Å². The smallest absolute Gasteiger partial charge is 0.109 e. The molecule has 0 heterocycles. The lowest BCUT2D eigenvalue weighted by molar-refractivity contribution is -0.118. The van der Waals surface area contributed by atoms with Gasteiger partial charge in [0.1, 0.15) is 6.10 Å². The van der Waals surface area contributed by atoms with Gasteiger partial charge in [0.2, 0.25) is 0 Å². The number of hydrogen-bond acceptors (Lipinski definition) is 2. The van der Waals surface area contributed by atoms with Gasteiger partial charge in [-0.3, -0.25) is 0 Å². The van der Waals surface area contributed by atoms with Gasteiger partial charge in [-0.1, -0.05) is 48.2 Å². The molecule has 1 aliphatic rings. The maximum Gasteiger partial charge on any atom is 0.109 e. The summed E-state index contributed by atoms with van der Waals surface area (Å²) in [6.07, 6.45) is 3.17. The van der Waals surface area contributed by atoms with E-state index >= 15 is 0 Å². The molecule has 1 aromatic rings. The largest absolute Gasteiger partial charge is 0.385 e. The fourth-order valence-electron chi connectivity index (χ4n) is 2.77. The molecule has 4 heteroatoms. The van der Waals surface area contributed by atoms with Gasteiger partial charge in [0.05, 0.1) is 15.6 Å². The minimum Gasteiger partial charge on any atom is -0.385 e. The molecule has 0 aliphatic heterocycles. The molecule has 1 saturated carbocycles. The molecular formula is C14H18Cl2O2. The van der Waals surface area contributed by atoms with Crippen molar-refractivity contribution in [3.63, 3.8) is 0 Å². The van der Waals surface area contributed by atoms with Gasteiger partial charge in [-0.15, -0.1) is 0 Å². The SMILES string of the molecule is CCOC1(C(O)c2cccc(Cl)c2Cl)CCCC1. The predicted molar refractivity (Wildman–Crippen MR) is 74.2 cm³/mol. The average molecular weight is 289 g/mol.